The number of anilines is 1. The van der Waals surface area contributed by atoms with Crippen LogP contribution in [-0.4, -0.2) is 45.9 Å². The molecular formula is C26H24FN5O4. The van der Waals surface area contributed by atoms with E-state index in [2.05, 4.69) is 21.4 Å². The van der Waals surface area contributed by atoms with Crippen molar-refractivity contribution in [3.05, 3.63) is 65.9 Å². The number of carbonyl (C=O) groups is 1. The van der Waals surface area contributed by atoms with Gasteiger partial charge < -0.3 is 24.5 Å². The fraction of sp³-hybridized carbons (Fsp3) is 0.231. The van der Waals surface area contributed by atoms with Crippen molar-refractivity contribution in [1.29, 1.82) is 5.26 Å². The third-order valence-corrected chi connectivity index (χ3v) is 5.62. The molecule has 0 aliphatic heterocycles. The Morgan fingerprint density at radius 3 is 2.75 bits per heavy atom. The second-order valence-corrected chi connectivity index (χ2v) is 7.85. The first kappa shape index (κ1) is 24.5. The molecule has 0 spiro atoms. The molecule has 0 aliphatic rings. The molecule has 4 aromatic rings. The minimum absolute atomic E-state index is 0.141. The maximum atomic E-state index is 14.6. The van der Waals surface area contributed by atoms with Crippen molar-refractivity contribution in [3.63, 3.8) is 0 Å². The molecule has 10 heteroatoms. The zero-order chi connectivity index (χ0) is 25.7. The SMILES string of the molecule is CCOc1cc(-c2cc(NCCn3c(C#N)cc4c(OC)ccc(F)c43)ncn2)ccc1CC(=O)O. The number of ether oxygens (including phenoxy) is 2. The standard InChI is InChI=1S/C26H24FN5O4/c1-3-36-23-10-16(4-5-17(23)11-25(33)34)21-13-24(31-15-30-21)29-8-9-32-18(14-28)12-19-22(35-2)7-6-20(27)26(19)32/h4-7,10,12-13,15H,3,8-9,11H2,1-2H3,(H,33,34)(H,29,30,31). The third-order valence-electron chi connectivity index (χ3n) is 5.62. The molecular weight excluding hydrogens is 465 g/mol. The van der Waals surface area contributed by atoms with E-state index in [0.717, 1.165) is 5.56 Å². The van der Waals surface area contributed by atoms with Crippen LogP contribution in [-0.2, 0) is 17.8 Å². The lowest BCUT2D eigenvalue weighted by atomic mass is 10.1. The number of carboxylic acids is 1. The summed E-state index contributed by atoms with van der Waals surface area (Å²) in [5.41, 5.74) is 2.58. The van der Waals surface area contributed by atoms with E-state index in [9.17, 15) is 14.4 Å². The van der Waals surface area contributed by atoms with E-state index in [1.54, 1.807) is 34.9 Å². The van der Waals surface area contributed by atoms with Gasteiger partial charge in [0.25, 0.3) is 0 Å². The summed E-state index contributed by atoms with van der Waals surface area (Å²) in [6.07, 6.45) is 1.27. The monoisotopic (exact) mass is 489 g/mol. The predicted octanol–water partition coefficient (Wildman–Crippen LogP) is 4.26. The smallest absolute Gasteiger partial charge is 0.307 e. The first-order chi connectivity index (χ1) is 17.4. The lowest BCUT2D eigenvalue weighted by Gasteiger charge is -2.12. The highest BCUT2D eigenvalue weighted by Crippen LogP contribution is 2.31. The highest BCUT2D eigenvalue weighted by Gasteiger charge is 2.16. The van der Waals surface area contributed by atoms with E-state index in [1.165, 1.54) is 25.6 Å². The lowest BCUT2D eigenvalue weighted by molar-refractivity contribution is -0.136. The topological polar surface area (TPSA) is 122 Å². The van der Waals surface area contributed by atoms with Gasteiger partial charge in [0.2, 0.25) is 0 Å². The minimum atomic E-state index is -0.939. The summed E-state index contributed by atoms with van der Waals surface area (Å²) in [5, 5.41) is 22.4. The largest absolute Gasteiger partial charge is 0.496 e. The van der Waals surface area contributed by atoms with Gasteiger partial charge in [0, 0.05) is 35.7 Å². The Labute approximate surface area is 206 Å². The first-order valence-corrected chi connectivity index (χ1v) is 11.2. The lowest BCUT2D eigenvalue weighted by Crippen LogP contribution is -2.13. The van der Waals surface area contributed by atoms with Gasteiger partial charge in [-0.05, 0) is 31.2 Å². The van der Waals surface area contributed by atoms with Gasteiger partial charge >= 0.3 is 5.97 Å². The van der Waals surface area contributed by atoms with Gasteiger partial charge in [-0.15, -0.1) is 0 Å². The molecule has 2 aromatic carbocycles. The fourth-order valence-corrected chi connectivity index (χ4v) is 4.04. The van der Waals surface area contributed by atoms with Crippen LogP contribution in [0.4, 0.5) is 10.2 Å². The molecule has 184 valence electrons. The Morgan fingerprint density at radius 2 is 2.03 bits per heavy atom. The van der Waals surface area contributed by atoms with Gasteiger partial charge in [-0.2, -0.15) is 5.26 Å². The number of nitrogens with zero attached hydrogens (tertiary/aromatic N) is 4. The molecule has 0 bridgehead atoms. The molecule has 0 atom stereocenters. The Bertz CT molecular complexity index is 1460. The number of fused-ring (bicyclic) bond motifs is 1. The molecule has 0 fully saturated rings. The van der Waals surface area contributed by atoms with Crippen LogP contribution in [0.15, 0.2) is 48.8 Å². The second kappa shape index (κ2) is 10.7. The number of methoxy groups -OCH3 is 1. The third kappa shape index (κ3) is 5.05. The van der Waals surface area contributed by atoms with E-state index in [4.69, 9.17) is 14.6 Å². The van der Waals surface area contributed by atoms with E-state index in [1.807, 2.05) is 6.92 Å². The average Bonchev–Trinajstić information content (AvgIpc) is 3.25. The number of carboxylic acid groups (broad SMARTS) is 1. The molecule has 0 radical (unpaired) electrons. The molecule has 2 aromatic heterocycles. The number of hydrogen-bond acceptors (Lipinski definition) is 7. The second-order valence-electron chi connectivity index (χ2n) is 7.85. The highest BCUT2D eigenvalue weighted by atomic mass is 19.1. The maximum Gasteiger partial charge on any atom is 0.307 e. The number of rotatable bonds is 10. The van der Waals surface area contributed by atoms with Crippen LogP contribution in [0.1, 0.15) is 18.2 Å². The van der Waals surface area contributed by atoms with E-state index in [0.29, 0.717) is 64.9 Å². The van der Waals surface area contributed by atoms with Crippen LogP contribution < -0.4 is 14.8 Å². The highest BCUT2D eigenvalue weighted by molar-refractivity contribution is 5.88. The van der Waals surface area contributed by atoms with Gasteiger partial charge in [0.15, 0.2) is 0 Å². The number of halogens is 1. The Morgan fingerprint density at radius 1 is 1.19 bits per heavy atom. The summed E-state index contributed by atoms with van der Waals surface area (Å²) < 4.78 is 27.2. The Hall–Kier alpha value is -4.65. The molecule has 36 heavy (non-hydrogen) atoms. The normalized spacial score (nSPS) is 10.7. The van der Waals surface area contributed by atoms with Crippen molar-refractivity contribution < 1.29 is 23.8 Å². The summed E-state index contributed by atoms with van der Waals surface area (Å²) in [5.74, 6) is 0.154. The van der Waals surface area contributed by atoms with Gasteiger partial charge in [-0.25, -0.2) is 14.4 Å². The molecule has 0 unspecified atom stereocenters. The van der Waals surface area contributed by atoms with Gasteiger partial charge in [0.1, 0.15) is 41.2 Å². The molecule has 0 aliphatic carbocycles. The van der Waals surface area contributed by atoms with E-state index < -0.39 is 11.8 Å². The van der Waals surface area contributed by atoms with Crippen LogP contribution >= 0.6 is 0 Å². The van der Waals surface area contributed by atoms with Crippen molar-refractivity contribution in [2.24, 2.45) is 0 Å². The molecule has 9 nitrogen and oxygen atoms in total. The zero-order valence-electron chi connectivity index (χ0n) is 19.8. The van der Waals surface area contributed by atoms with Crippen LogP contribution in [0, 0.1) is 17.1 Å². The summed E-state index contributed by atoms with van der Waals surface area (Å²) in [7, 11) is 1.50. The average molecular weight is 490 g/mol. The number of aliphatic carboxylic acids is 1. The molecule has 0 saturated carbocycles. The summed E-state index contributed by atoms with van der Waals surface area (Å²) in [6, 6.07) is 13.6. The van der Waals surface area contributed by atoms with Gasteiger partial charge in [-0.3, -0.25) is 4.79 Å². The fourth-order valence-electron chi connectivity index (χ4n) is 4.04. The van der Waals surface area contributed by atoms with Gasteiger partial charge in [0.05, 0.1) is 31.3 Å². The maximum absolute atomic E-state index is 14.6. The molecule has 4 rings (SSSR count). The zero-order valence-corrected chi connectivity index (χ0v) is 19.8. The van der Waals surface area contributed by atoms with Crippen molar-refractivity contribution in [2.75, 3.05) is 25.6 Å². The van der Waals surface area contributed by atoms with Crippen LogP contribution in [0.3, 0.4) is 0 Å². The van der Waals surface area contributed by atoms with Crippen LogP contribution in [0.5, 0.6) is 11.5 Å². The summed E-state index contributed by atoms with van der Waals surface area (Å²) in [6.45, 7) is 2.91. The number of aromatic nitrogens is 3. The Balaban J connectivity index is 1.54. The van der Waals surface area contributed by atoms with Crippen molar-refractivity contribution in [3.8, 4) is 28.8 Å². The first-order valence-electron chi connectivity index (χ1n) is 11.2. The number of nitrogens with one attached hydrogen (secondary N) is 1. The minimum Gasteiger partial charge on any atom is -0.496 e. The van der Waals surface area contributed by atoms with E-state index in [-0.39, 0.29) is 6.42 Å². The number of benzene rings is 2. The van der Waals surface area contributed by atoms with Crippen molar-refractivity contribution in [2.45, 2.75) is 19.9 Å². The molecule has 2 N–H and O–H groups in total. The van der Waals surface area contributed by atoms with Crippen LogP contribution in [0.2, 0.25) is 0 Å². The molecule has 2 heterocycles. The summed E-state index contributed by atoms with van der Waals surface area (Å²) >= 11 is 0. The van der Waals surface area contributed by atoms with Gasteiger partial charge in [-0.1, -0.05) is 12.1 Å². The van der Waals surface area contributed by atoms with E-state index >= 15 is 0 Å². The molecule has 0 saturated heterocycles. The molecule has 0 amide bonds. The Kier molecular flexibility index (Phi) is 7.30. The van der Waals surface area contributed by atoms with Crippen molar-refractivity contribution >= 4 is 22.7 Å². The number of hydrogen-bond donors (Lipinski definition) is 2. The number of nitriles is 1. The summed E-state index contributed by atoms with van der Waals surface area (Å²) in [4.78, 5) is 19.7. The van der Waals surface area contributed by atoms with Crippen molar-refractivity contribution in [1.82, 2.24) is 14.5 Å². The van der Waals surface area contributed by atoms with Crippen LogP contribution in [0.25, 0.3) is 22.2 Å². The predicted molar refractivity (Wildman–Crippen MR) is 132 cm³/mol. The quantitative estimate of drug-likeness (QED) is 0.339.